The van der Waals surface area contributed by atoms with Crippen molar-refractivity contribution in [3.05, 3.63) is 65.0 Å². The second kappa shape index (κ2) is 5.14. The number of hydrogen-bond donors (Lipinski definition) is 0. The molecular weight excluding hydrogens is 257 g/mol. The largest absolute Gasteiger partial charge is 0.496 e. The van der Waals surface area contributed by atoms with Gasteiger partial charge in [-0.25, -0.2) is 13.2 Å². The first-order chi connectivity index (χ1) is 9.04. The van der Waals surface area contributed by atoms with Crippen molar-refractivity contribution in [3.8, 4) is 5.75 Å². The van der Waals surface area contributed by atoms with Gasteiger partial charge in [-0.05, 0) is 24.3 Å². The summed E-state index contributed by atoms with van der Waals surface area (Å²) < 4.78 is 44.9. The minimum atomic E-state index is -1.05. The normalized spacial score (nSPS) is 10.3. The molecule has 0 amide bonds. The van der Waals surface area contributed by atoms with Crippen molar-refractivity contribution in [3.63, 3.8) is 0 Å². The lowest BCUT2D eigenvalue weighted by Crippen LogP contribution is -2.09. The summed E-state index contributed by atoms with van der Waals surface area (Å²) >= 11 is 0. The van der Waals surface area contributed by atoms with Crippen molar-refractivity contribution in [1.29, 1.82) is 0 Å². The number of ether oxygens (including phenoxy) is 1. The summed E-state index contributed by atoms with van der Waals surface area (Å²) in [5.41, 5.74) is -0.791. The van der Waals surface area contributed by atoms with E-state index in [9.17, 15) is 18.0 Å². The van der Waals surface area contributed by atoms with Crippen molar-refractivity contribution in [2.24, 2.45) is 0 Å². The van der Waals surface area contributed by atoms with Gasteiger partial charge in [-0.1, -0.05) is 6.07 Å². The van der Waals surface area contributed by atoms with Gasteiger partial charge in [0.1, 0.15) is 28.8 Å². The van der Waals surface area contributed by atoms with Gasteiger partial charge in [-0.15, -0.1) is 0 Å². The van der Waals surface area contributed by atoms with Crippen molar-refractivity contribution in [2.45, 2.75) is 0 Å². The van der Waals surface area contributed by atoms with Gasteiger partial charge in [0.05, 0.1) is 12.7 Å². The van der Waals surface area contributed by atoms with E-state index in [1.165, 1.54) is 19.2 Å². The number of halogens is 3. The standard InChI is InChI=1S/C14H9F3O2/c1-19-12-4-2-3-10(16)13(12)14(18)9-6-5-8(15)7-11(9)17/h2-7H,1H3. The van der Waals surface area contributed by atoms with Crippen LogP contribution < -0.4 is 4.74 Å². The van der Waals surface area contributed by atoms with Crippen LogP contribution in [0.5, 0.6) is 5.75 Å². The third-order valence-electron chi connectivity index (χ3n) is 2.60. The van der Waals surface area contributed by atoms with Crippen LogP contribution in [0.4, 0.5) is 13.2 Å². The molecule has 0 atom stereocenters. The minimum Gasteiger partial charge on any atom is -0.496 e. The SMILES string of the molecule is COc1cccc(F)c1C(=O)c1ccc(F)cc1F. The molecule has 0 spiro atoms. The van der Waals surface area contributed by atoms with E-state index in [0.717, 1.165) is 18.2 Å². The maximum Gasteiger partial charge on any atom is 0.202 e. The zero-order valence-corrected chi connectivity index (χ0v) is 9.91. The first kappa shape index (κ1) is 13.1. The lowest BCUT2D eigenvalue weighted by Gasteiger charge is -2.09. The van der Waals surface area contributed by atoms with Gasteiger partial charge < -0.3 is 4.74 Å². The molecule has 98 valence electrons. The molecule has 0 aliphatic heterocycles. The van der Waals surface area contributed by atoms with E-state index in [1.54, 1.807) is 0 Å². The van der Waals surface area contributed by atoms with Gasteiger partial charge in [-0.2, -0.15) is 0 Å². The van der Waals surface area contributed by atoms with Gasteiger partial charge in [0, 0.05) is 6.07 Å². The van der Waals surface area contributed by atoms with Gasteiger partial charge in [0.15, 0.2) is 0 Å². The van der Waals surface area contributed by atoms with Gasteiger partial charge in [0.2, 0.25) is 5.78 Å². The molecule has 0 aliphatic rings. The number of benzene rings is 2. The van der Waals surface area contributed by atoms with Gasteiger partial charge in [-0.3, -0.25) is 4.79 Å². The zero-order chi connectivity index (χ0) is 14.0. The van der Waals surface area contributed by atoms with Crippen LogP contribution in [0, 0.1) is 17.5 Å². The highest BCUT2D eigenvalue weighted by atomic mass is 19.1. The van der Waals surface area contributed by atoms with Crippen molar-refractivity contribution >= 4 is 5.78 Å². The van der Waals surface area contributed by atoms with Crippen LogP contribution in [0.15, 0.2) is 36.4 Å². The number of rotatable bonds is 3. The minimum absolute atomic E-state index is 0.00581. The maximum atomic E-state index is 13.7. The van der Waals surface area contributed by atoms with Gasteiger partial charge >= 0.3 is 0 Å². The summed E-state index contributed by atoms with van der Waals surface area (Å²) in [6.45, 7) is 0. The number of ketones is 1. The van der Waals surface area contributed by atoms with E-state index in [-0.39, 0.29) is 11.3 Å². The third kappa shape index (κ3) is 2.45. The second-order valence-corrected chi connectivity index (χ2v) is 3.77. The van der Waals surface area contributed by atoms with E-state index in [1.807, 2.05) is 0 Å². The molecule has 0 N–H and O–H groups in total. The molecule has 0 saturated carbocycles. The number of carbonyl (C=O) groups excluding carboxylic acids is 1. The van der Waals surface area contributed by atoms with E-state index >= 15 is 0 Å². The molecular formula is C14H9F3O2. The highest BCUT2D eigenvalue weighted by Gasteiger charge is 2.22. The van der Waals surface area contributed by atoms with E-state index in [2.05, 4.69) is 0 Å². The predicted octanol–water partition coefficient (Wildman–Crippen LogP) is 3.34. The monoisotopic (exact) mass is 266 g/mol. The Labute approximate surface area is 107 Å². The summed E-state index contributed by atoms with van der Waals surface area (Å²) in [5.74, 6) is -3.58. The smallest absolute Gasteiger partial charge is 0.202 e. The summed E-state index contributed by atoms with van der Waals surface area (Å²) in [4.78, 5) is 12.1. The molecule has 0 heterocycles. The Morgan fingerprint density at radius 2 is 1.79 bits per heavy atom. The molecule has 0 bridgehead atoms. The van der Waals surface area contributed by atoms with Crippen LogP contribution in [0.3, 0.4) is 0 Å². The number of methoxy groups -OCH3 is 1. The molecule has 0 fully saturated rings. The second-order valence-electron chi connectivity index (χ2n) is 3.77. The molecule has 19 heavy (non-hydrogen) atoms. The molecule has 2 nitrogen and oxygen atoms in total. The molecule has 2 rings (SSSR count). The molecule has 5 heteroatoms. The molecule has 0 unspecified atom stereocenters. The molecule has 0 radical (unpaired) electrons. The molecule has 0 aromatic heterocycles. The molecule has 0 aliphatic carbocycles. The quantitative estimate of drug-likeness (QED) is 0.796. The Morgan fingerprint density at radius 3 is 2.42 bits per heavy atom. The van der Waals surface area contributed by atoms with Crippen LogP contribution >= 0.6 is 0 Å². The van der Waals surface area contributed by atoms with Crippen LogP contribution in [-0.4, -0.2) is 12.9 Å². The average Bonchev–Trinajstić information content (AvgIpc) is 2.37. The Bertz CT molecular complexity index is 639. The summed E-state index contributed by atoms with van der Waals surface area (Å²) in [5, 5.41) is 0. The Hall–Kier alpha value is -2.30. The van der Waals surface area contributed by atoms with Gasteiger partial charge in [0.25, 0.3) is 0 Å². The summed E-state index contributed by atoms with van der Waals surface area (Å²) in [6, 6.07) is 6.30. The first-order valence-electron chi connectivity index (χ1n) is 5.37. The van der Waals surface area contributed by atoms with Crippen molar-refractivity contribution < 1.29 is 22.7 Å². The highest BCUT2D eigenvalue weighted by Crippen LogP contribution is 2.25. The fraction of sp³-hybridized carbons (Fsp3) is 0.0714. The number of hydrogen-bond acceptors (Lipinski definition) is 2. The topological polar surface area (TPSA) is 26.3 Å². The van der Waals surface area contributed by atoms with Crippen LogP contribution in [0.1, 0.15) is 15.9 Å². The average molecular weight is 266 g/mol. The fourth-order valence-electron chi connectivity index (χ4n) is 1.70. The molecule has 2 aromatic rings. The predicted molar refractivity (Wildman–Crippen MR) is 62.7 cm³/mol. The molecule has 0 saturated heterocycles. The van der Waals surface area contributed by atoms with E-state index < -0.39 is 28.8 Å². The molecule has 2 aromatic carbocycles. The van der Waals surface area contributed by atoms with Crippen LogP contribution in [0.25, 0.3) is 0 Å². The lowest BCUT2D eigenvalue weighted by molar-refractivity contribution is 0.102. The lowest BCUT2D eigenvalue weighted by atomic mass is 10.0. The third-order valence-corrected chi connectivity index (χ3v) is 2.60. The Kier molecular flexibility index (Phi) is 3.55. The Morgan fingerprint density at radius 1 is 1.05 bits per heavy atom. The first-order valence-corrected chi connectivity index (χ1v) is 5.37. The highest BCUT2D eigenvalue weighted by molar-refractivity contribution is 6.11. The van der Waals surface area contributed by atoms with Crippen molar-refractivity contribution in [1.82, 2.24) is 0 Å². The van der Waals surface area contributed by atoms with Crippen LogP contribution in [-0.2, 0) is 0 Å². The zero-order valence-electron chi connectivity index (χ0n) is 9.91. The Balaban J connectivity index is 2.56. The fourth-order valence-corrected chi connectivity index (χ4v) is 1.70. The summed E-state index contributed by atoms with van der Waals surface area (Å²) in [7, 11) is 1.27. The van der Waals surface area contributed by atoms with E-state index in [4.69, 9.17) is 4.74 Å². The summed E-state index contributed by atoms with van der Waals surface area (Å²) in [6.07, 6.45) is 0. The van der Waals surface area contributed by atoms with Crippen molar-refractivity contribution in [2.75, 3.05) is 7.11 Å². The van der Waals surface area contributed by atoms with E-state index in [0.29, 0.717) is 6.07 Å². The maximum absolute atomic E-state index is 13.7. The van der Waals surface area contributed by atoms with Crippen LogP contribution in [0.2, 0.25) is 0 Å². The number of carbonyl (C=O) groups is 1.